The number of aromatic nitrogens is 4. The number of hydrogen-bond donors (Lipinski definition) is 6. The molecule has 8 N–H and O–H groups in total. The molecule has 1 saturated carbocycles. The van der Waals surface area contributed by atoms with Crippen molar-refractivity contribution in [2.24, 2.45) is 22.8 Å². The number of piperidine rings is 1. The second-order valence-electron chi connectivity index (χ2n) is 26.2. The van der Waals surface area contributed by atoms with Gasteiger partial charge in [0.15, 0.2) is 0 Å². The van der Waals surface area contributed by atoms with Crippen molar-refractivity contribution in [3.8, 4) is 5.75 Å². The van der Waals surface area contributed by atoms with Gasteiger partial charge in [-0.15, -0.1) is 5.10 Å². The number of benzene rings is 2. The van der Waals surface area contributed by atoms with Crippen LogP contribution in [0.1, 0.15) is 194 Å². The first kappa shape index (κ1) is 69.6. The fourth-order valence-corrected chi connectivity index (χ4v) is 12.4. The van der Waals surface area contributed by atoms with E-state index in [0.29, 0.717) is 112 Å². The summed E-state index contributed by atoms with van der Waals surface area (Å²) in [7, 11) is 3.68. The van der Waals surface area contributed by atoms with E-state index in [4.69, 9.17) is 25.6 Å². The zero-order valence-corrected chi connectivity index (χ0v) is 54.2. The van der Waals surface area contributed by atoms with Gasteiger partial charge in [-0.25, -0.2) is 4.98 Å². The lowest BCUT2D eigenvalue weighted by Crippen LogP contribution is -2.52. The second-order valence-corrected chi connectivity index (χ2v) is 26.2. The molecule has 1 aliphatic heterocycles. The number of aliphatic carboxylic acids is 1. The minimum absolute atomic E-state index is 0.0106. The predicted octanol–water partition coefficient (Wildman–Crippen LogP) is 9.96. The van der Waals surface area contributed by atoms with E-state index in [0.717, 1.165) is 117 Å². The van der Waals surface area contributed by atoms with Crippen LogP contribution < -0.4 is 42.0 Å². The van der Waals surface area contributed by atoms with Gasteiger partial charge in [-0.05, 0) is 118 Å². The molecule has 20 heteroatoms. The Morgan fingerprint density at radius 2 is 1.40 bits per heavy atom. The normalized spacial score (nSPS) is 14.2. The number of ether oxygens (including phenoxy) is 1. The van der Waals surface area contributed by atoms with Crippen LogP contribution in [0.5, 0.6) is 5.75 Å². The smallest absolute Gasteiger partial charge is 0.303 e. The third kappa shape index (κ3) is 23.1. The van der Waals surface area contributed by atoms with Gasteiger partial charge in [0.25, 0.3) is 5.91 Å². The van der Waals surface area contributed by atoms with E-state index >= 15 is 4.79 Å². The number of rotatable bonds is 42. The van der Waals surface area contributed by atoms with E-state index in [1.165, 1.54) is 51.4 Å². The van der Waals surface area contributed by atoms with Crippen LogP contribution in [0, 0.1) is 18.3 Å². The average molecular weight is 1230 g/mol. The van der Waals surface area contributed by atoms with Crippen LogP contribution in [0.3, 0.4) is 0 Å². The van der Waals surface area contributed by atoms with Crippen LogP contribution >= 0.6 is 0 Å². The van der Waals surface area contributed by atoms with Crippen molar-refractivity contribution in [3.05, 3.63) is 95.1 Å². The SMILES string of the molecule is COc1ccc(C(=O)N(CC(C)(C)CCn2cc(CCCCCCCCCCCCCCC(=O)NCC[N+](C)(CCC(=O)NCCN)CCC(=O)NCCN)nn2)c2cccc(C)n2)c(N2CCC(c3cc4ccc([C@@H](CC(=O)O)C5CC5)cc4o3)CC2)c1. The number of nitrogens with one attached hydrogen (secondary N) is 3. The number of amides is 4. The number of quaternary nitrogens is 1. The fraction of sp³-hybridized carbons (Fsp3) is 0.623. The number of anilines is 2. The Morgan fingerprint density at radius 1 is 0.775 bits per heavy atom. The summed E-state index contributed by atoms with van der Waals surface area (Å²) in [5, 5.41) is 28.4. The molecule has 4 amide bonds. The summed E-state index contributed by atoms with van der Waals surface area (Å²) < 4.78 is 14.7. The van der Waals surface area contributed by atoms with Crippen molar-refractivity contribution < 1.29 is 42.7 Å². The lowest BCUT2D eigenvalue weighted by Gasteiger charge is -2.36. The Balaban J connectivity index is 0.782. The number of likely N-dealkylation sites (N-methyl/N-ethyl adjacent to an activating group) is 1. The molecule has 2 aromatic carbocycles. The number of hydrogen-bond acceptors (Lipinski definition) is 13. The van der Waals surface area contributed by atoms with Gasteiger partial charge < -0.3 is 51.1 Å². The Hall–Kier alpha value is -6.90. The van der Waals surface area contributed by atoms with E-state index in [2.05, 4.69) is 75.5 Å². The van der Waals surface area contributed by atoms with E-state index < -0.39 is 5.97 Å². The number of carboxylic acid groups (broad SMARTS) is 1. The molecular formula is C69H105N12O8+. The predicted molar refractivity (Wildman–Crippen MR) is 351 cm³/mol. The molecule has 5 aromatic rings. The van der Waals surface area contributed by atoms with Crippen molar-refractivity contribution in [1.29, 1.82) is 0 Å². The van der Waals surface area contributed by atoms with Crippen molar-refractivity contribution in [2.75, 3.05) is 95.9 Å². The van der Waals surface area contributed by atoms with Crippen molar-refractivity contribution in [3.63, 3.8) is 0 Å². The van der Waals surface area contributed by atoms with Gasteiger partial charge in [0.2, 0.25) is 17.7 Å². The molecule has 0 radical (unpaired) electrons. The van der Waals surface area contributed by atoms with Crippen LogP contribution in [-0.2, 0) is 32.1 Å². The molecule has 20 nitrogen and oxygen atoms in total. The number of carbonyl (C=O) groups excluding carboxylic acids is 4. The fourth-order valence-electron chi connectivity index (χ4n) is 12.4. The highest BCUT2D eigenvalue weighted by Gasteiger charge is 2.35. The molecule has 1 saturated heterocycles. The summed E-state index contributed by atoms with van der Waals surface area (Å²) in [4.78, 5) is 73.1. The summed E-state index contributed by atoms with van der Waals surface area (Å²) in [5.74, 6) is 1.93. The largest absolute Gasteiger partial charge is 0.497 e. The first-order valence-corrected chi connectivity index (χ1v) is 33.3. The maximum absolute atomic E-state index is 15.1. The number of nitrogens with zero attached hydrogens (tertiary/aromatic N) is 7. The number of carboxylic acids is 1. The zero-order valence-electron chi connectivity index (χ0n) is 54.2. The molecule has 0 unspecified atom stereocenters. The molecule has 7 rings (SSSR count). The van der Waals surface area contributed by atoms with Crippen LogP contribution in [-0.4, -0.2) is 145 Å². The topological polar surface area (TPSA) is 266 Å². The summed E-state index contributed by atoms with van der Waals surface area (Å²) in [6, 6.07) is 19.9. The van der Waals surface area contributed by atoms with Gasteiger partial charge in [0, 0.05) is 88.0 Å². The third-order valence-electron chi connectivity index (χ3n) is 18.1. The average Bonchev–Trinajstić information content (AvgIpc) is 2.80. The van der Waals surface area contributed by atoms with E-state index in [-0.39, 0.29) is 47.3 Å². The highest BCUT2D eigenvalue weighted by Crippen LogP contribution is 2.46. The molecule has 1 aliphatic carbocycles. The highest BCUT2D eigenvalue weighted by molar-refractivity contribution is 6.09. The molecule has 4 heterocycles. The van der Waals surface area contributed by atoms with Gasteiger partial charge in [0.05, 0.1) is 76.5 Å². The number of pyridine rings is 1. The monoisotopic (exact) mass is 1230 g/mol. The lowest BCUT2D eigenvalue weighted by atomic mass is 9.88. The Bertz CT molecular complexity index is 3000. The van der Waals surface area contributed by atoms with Crippen molar-refractivity contribution in [1.82, 2.24) is 35.9 Å². The van der Waals surface area contributed by atoms with E-state index in [1.807, 2.05) is 60.0 Å². The first-order valence-electron chi connectivity index (χ1n) is 33.3. The van der Waals surface area contributed by atoms with E-state index in [1.54, 1.807) is 7.11 Å². The number of methoxy groups -OCH3 is 1. The molecule has 2 aliphatic rings. The first-order chi connectivity index (χ1) is 42.9. The van der Waals surface area contributed by atoms with Gasteiger partial charge >= 0.3 is 5.97 Å². The van der Waals surface area contributed by atoms with Gasteiger partial charge in [0.1, 0.15) is 22.9 Å². The maximum atomic E-state index is 15.1. The molecule has 89 heavy (non-hydrogen) atoms. The third-order valence-corrected chi connectivity index (χ3v) is 18.1. The zero-order chi connectivity index (χ0) is 63.6. The summed E-state index contributed by atoms with van der Waals surface area (Å²) in [5.41, 5.74) is 15.9. The van der Waals surface area contributed by atoms with Crippen LogP contribution in [0.25, 0.3) is 11.0 Å². The quantitative estimate of drug-likeness (QED) is 0.0157. The molecule has 488 valence electrons. The van der Waals surface area contributed by atoms with Crippen molar-refractivity contribution in [2.45, 2.75) is 180 Å². The Labute approximate surface area is 528 Å². The summed E-state index contributed by atoms with van der Waals surface area (Å²) in [6.45, 7) is 12.8. The van der Waals surface area contributed by atoms with Crippen LogP contribution in [0.15, 0.2) is 71.3 Å². The minimum Gasteiger partial charge on any atom is -0.497 e. The molecule has 3 aromatic heterocycles. The number of unbranched alkanes of at least 4 members (excludes halogenated alkanes) is 11. The van der Waals surface area contributed by atoms with Gasteiger partial charge in [-0.1, -0.05) is 101 Å². The number of fused-ring (bicyclic) bond motifs is 1. The van der Waals surface area contributed by atoms with Gasteiger partial charge in [-0.3, -0.25) is 33.6 Å². The Kier molecular flexibility index (Phi) is 27.7. The number of carbonyl (C=O) groups is 5. The molecule has 1 atom stereocenters. The minimum atomic E-state index is -0.765. The molecule has 2 fully saturated rings. The molecule has 0 bridgehead atoms. The highest BCUT2D eigenvalue weighted by atomic mass is 16.5. The number of aryl methyl sites for hydroxylation is 3. The molecule has 0 spiro atoms. The maximum Gasteiger partial charge on any atom is 0.303 e. The number of nitrogens with two attached hydrogens (primary N) is 2. The van der Waals surface area contributed by atoms with Crippen LogP contribution in [0.4, 0.5) is 11.5 Å². The lowest BCUT2D eigenvalue weighted by molar-refractivity contribution is -0.907. The standard InChI is InChI=1S/C69H104N12O8/c1-51-19-18-21-63(75-51)80(68(87)58-28-27-57(88-5)47-60(58)78-39-29-53(30-40-78)61-46-55-26-25-54(45-62(55)89-61)59(48-67(85)86)52-23-24-52)50-69(2,3)33-41-79-49-56(76-77-79)20-16-14-12-10-8-6-7-9-11-13-15-17-22-64(82)74-38-44-81(4,42-31-65(83)72-36-34-70)43-32-66(84)73-37-35-71/h18-19,21,25-28,45-47,49,52-53,59H,6-17,20,22-24,29-44,48,50,70-71H2,1-5H3,(H3-,72,73,74,82,83,84,85,86)/p+1/t59-/m0/s1. The van der Waals surface area contributed by atoms with Crippen LogP contribution in [0.2, 0.25) is 0 Å². The van der Waals surface area contributed by atoms with E-state index in [9.17, 15) is 24.3 Å². The number of furan rings is 1. The molecular weight excluding hydrogens is 1120 g/mol. The second kappa shape index (κ2) is 35.5. The Morgan fingerprint density at radius 3 is 2.02 bits per heavy atom. The summed E-state index contributed by atoms with van der Waals surface area (Å²) >= 11 is 0. The van der Waals surface area contributed by atoms with Gasteiger partial charge in [-0.2, -0.15) is 0 Å². The summed E-state index contributed by atoms with van der Waals surface area (Å²) in [6.07, 6.45) is 22.8. The van der Waals surface area contributed by atoms with Crippen molar-refractivity contribution >= 4 is 52.1 Å².